The van der Waals surface area contributed by atoms with E-state index in [0.717, 1.165) is 18.4 Å². The van der Waals surface area contributed by atoms with E-state index >= 15 is 0 Å². The van der Waals surface area contributed by atoms with E-state index in [1.165, 1.54) is 25.8 Å². The lowest BCUT2D eigenvalue weighted by atomic mass is 9.88. The second-order valence-corrected chi connectivity index (χ2v) is 7.12. The van der Waals surface area contributed by atoms with Crippen LogP contribution < -0.4 is 5.32 Å². The fourth-order valence-electron chi connectivity index (χ4n) is 3.70. The summed E-state index contributed by atoms with van der Waals surface area (Å²) in [5.41, 5.74) is 0. The molecule has 4 unspecified atom stereocenters. The predicted molar refractivity (Wildman–Crippen MR) is 89.2 cm³/mol. The van der Waals surface area contributed by atoms with Gasteiger partial charge in [0.15, 0.2) is 0 Å². The van der Waals surface area contributed by atoms with Gasteiger partial charge in [-0.15, -0.1) is 0 Å². The summed E-state index contributed by atoms with van der Waals surface area (Å²) in [5.74, 6) is 1.55. The molecule has 0 spiro atoms. The molecule has 20 heavy (non-hydrogen) atoms. The third-order valence-corrected chi connectivity index (χ3v) is 5.46. The molecule has 1 aliphatic heterocycles. The number of nitrogens with zero attached hydrogens (tertiary/aromatic N) is 2. The van der Waals surface area contributed by atoms with E-state index in [4.69, 9.17) is 0 Å². The average molecular weight is 284 g/mol. The van der Waals surface area contributed by atoms with E-state index in [1.807, 2.05) is 0 Å². The SMILES string of the molecule is CCC(CC)C(CNC1CC(C)N(C)CC1C)N(C)C. The zero-order valence-corrected chi connectivity index (χ0v) is 14.8. The normalized spacial score (nSPS) is 30.1. The summed E-state index contributed by atoms with van der Waals surface area (Å²) < 4.78 is 0. The Kier molecular flexibility index (Phi) is 7.49. The summed E-state index contributed by atoms with van der Waals surface area (Å²) >= 11 is 0. The number of nitrogens with one attached hydrogen (secondary N) is 1. The molecular formula is C17H37N3. The van der Waals surface area contributed by atoms with Crippen molar-refractivity contribution in [2.24, 2.45) is 11.8 Å². The third-order valence-electron chi connectivity index (χ3n) is 5.46. The summed E-state index contributed by atoms with van der Waals surface area (Å²) in [6.07, 6.45) is 3.83. The van der Waals surface area contributed by atoms with Crippen LogP contribution in [0.4, 0.5) is 0 Å². The van der Waals surface area contributed by atoms with Gasteiger partial charge < -0.3 is 15.1 Å². The van der Waals surface area contributed by atoms with E-state index in [9.17, 15) is 0 Å². The van der Waals surface area contributed by atoms with Crippen LogP contribution in [0.25, 0.3) is 0 Å². The van der Waals surface area contributed by atoms with E-state index in [1.54, 1.807) is 0 Å². The second kappa shape index (κ2) is 8.35. The lowest BCUT2D eigenvalue weighted by Crippen LogP contribution is -2.54. The number of hydrogen-bond acceptors (Lipinski definition) is 3. The Hall–Kier alpha value is -0.120. The van der Waals surface area contributed by atoms with Crippen molar-refractivity contribution < 1.29 is 0 Å². The van der Waals surface area contributed by atoms with Crippen LogP contribution in [-0.2, 0) is 0 Å². The fraction of sp³-hybridized carbons (Fsp3) is 1.00. The van der Waals surface area contributed by atoms with Gasteiger partial charge in [-0.05, 0) is 46.3 Å². The third kappa shape index (κ3) is 4.71. The van der Waals surface area contributed by atoms with Gasteiger partial charge in [0.2, 0.25) is 0 Å². The molecule has 1 rings (SSSR count). The zero-order valence-electron chi connectivity index (χ0n) is 14.8. The van der Waals surface area contributed by atoms with Gasteiger partial charge in [0.1, 0.15) is 0 Å². The Morgan fingerprint density at radius 3 is 2.30 bits per heavy atom. The molecule has 0 radical (unpaired) electrons. The van der Waals surface area contributed by atoms with Gasteiger partial charge in [-0.1, -0.05) is 33.6 Å². The maximum atomic E-state index is 3.88. The smallest absolute Gasteiger partial charge is 0.0242 e. The van der Waals surface area contributed by atoms with E-state index in [0.29, 0.717) is 18.1 Å². The Balaban J connectivity index is 2.54. The molecule has 0 saturated carbocycles. The van der Waals surface area contributed by atoms with Crippen molar-refractivity contribution in [3.8, 4) is 0 Å². The van der Waals surface area contributed by atoms with Crippen molar-refractivity contribution in [2.75, 3.05) is 34.2 Å². The second-order valence-electron chi connectivity index (χ2n) is 7.12. The Bertz CT molecular complexity index is 263. The number of piperidine rings is 1. The van der Waals surface area contributed by atoms with Gasteiger partial charge >= 0.3 is 0 Å². The van der Waals surface area contributed by atoms with Crippen molar-refractivity contribution in [2.45, 2.75) is 65.1 Å². The first-order valence-corrected chi connectivity index (χ1v) is 8.50. The minimum Gasteiger partial charge on any atom is -0.312 e. The molecule has 1 aliphatic rings. The molecule has 0 aliphatic carbocycles. The highest BCUT2D eigenvalue weighted by Crippen LogP contribution is 2.22. The minimum absolute atomic E-state index is 0.659. The summed E-state index contributed by atoms with van der Waals surface area (Å²) in [4.78, 5) is 4.90. The lowest BCUT2D eigenvalue weighted by molar-refractivity contribution is 0.110. The molecule has 0 aromatic carbocycles. The molecule has 3 heteroatoms. The van der Waals surface area contributed by atoms with Gasteiger partial charge in [-0.3, -0.25) is 0 Å². The van der Waals surface area contributed by atoms with Crippen LogP contribution in [0.15, 0.2) is 0 Å². The lowest BCUT2D eigenvalue weighted by Gasteiger charge is -2.41. The van der Waals surface area contributed by atoms with Gasteiger partial charge in [0.05, 0.1) is 0 Å². The molecule has 0 aromatic heterocycles. The molecule has 1 heterocycles. The van der Waals surface area contributed by atoms with Gasteiger partial charge in [-0.2, -0.15) is 0 Å². The molecule has 1 fully saturated rings. The highest BCUT2D eigenvalue weighted by atomic mass is 15.2. The Morgan fingerprint density at radius 1 is 1.20 bits per heavy atom. The largest absolute Gasteiger partial charge is 0.312 e. The molecular weight excluding hydrogens is 246 g/mol. The predicted octanol–water partition coefficient (Wildman–Crippen LogP) is 2.67. The quantitative estimate of drug-likeness (QED) is 0.775. The molecule has 1 saturated heterocycles. The van der Waals surface area contributed by atoms with Gasteiger partial charge in [0.25, 0.3) is 0 Å². The van der Waals surface area contributed by atoms with Crippen LogP contribution in [0.1, 0.15) is 47.0 Å². The number of likely N-dealkylation sites (tertiary alicyclic amines) is 1. The molecule has 0 bridgehead atoms. The highest BCUT2D eigenvalue weighted by molar-refractivity contribution is 4.88. The van der Waals surface area contributed by atoms with Crippen molar-refractivity contribution in [3.63, 3.8) is 0 Å². The van der Waals surface area contributed by atoms with Crippen molar-refractivity contribution >= 4 is 0 Å². The first kappa shape index (κ1) is 17.9. The Morgan fingerprint density at radius 2 is 1.80 bits per heavy atom. The van der Waals surface area contributed by atoms with Crippen molar-refractivity contribution in [3.05, 3.63) is 0 Å². The van der Waals surface area contributed by atoms with Crippen LogP contribution in [-0.4, -0.2) is 62.2 Å². The van der Waals surface area contributed by atoms with E-state index in [-0.39, 0.29) is 0 Å². The van der Waals surface area contributed by atoms with Crippen LogP contribution in [0.5, 0.6) is 0 Å². The Labute approximate surface area is 127 Å². The first-order chi connectivity index (χ1) is 9.40. The molecule has 1 N–H and O–H groups in total. The number of likely N-dealkylation sites (N-methyl/N-ethyl adjacent to an activating group) is 1. The van der Waals surface area contributed by atoms with Crippen LogP contribution in [0.3, 0.4) is 0 Å². The molecule has 3 nitrogen and oxygen atoms in total. The minimum atomic E-state index is 0.659. The first-order valence-electron chi connectivity index (χ1n) is 8.50. The topological polar surface area (TPSA) is 18.5 Å². The summed E-state index contributed by atoms with van der Waals surface area (Å²) in [7, 11) is 6.71. The van der Waals surface area contributed by atoms with Crippen LogP contribution in [0, 0.1) is 11.8 Å². The molecule has 4 atom stereocenters. The van der Waals surface area contributed by atoms with Crippen LogP contribution in [0.2, 0.25) is 0 Å². The van der Waals surface area contributed by atoms with E-state index < -0.39 is 0 Å². The highest BCUT2D eigenvalue weighted by Gasteiger charge is 2.30. The average Bonchev–Trinajstić information content (AvgIpc) is 2.39. The molecule has 120 valence electrons. The maximum Gasteiger partial charge on any atom is 0.0242 e. The van der Waals surface area contributed by atoms with Crippen molar-refractivity contribution in [1.82, 2.24) is 15.1 Å². The zero-order chi connectivity index (χ0) is 15.3. The number of rotatable bonds is 7. The summed E-state index contributed by atoms with van der Waals surface area (Å²) in [5, 5.41) is 3.88. The summed E-state index contributed by atoms with van der Waals surface area (Å²) in [6, 6.07) is 2.04. The van der Waals surface area contributed by atoms with Crippen LogP contribution >= 0.6 is 0 Å². The van der Waals surface area contributed by atoms with Gasteiger partial charge in [0, 0.05) is 31.2 Å². The summed E-state index contributed by atoms with van der Waals surface area (Å²) in [6.45, 7) is 11.7. The van der Waals surface area contributed by atoms with E-state index in [2.05, 4.69) is 64.0 Å². The maximum absolute atomic E-state index is 3.88. The number of hydrogen-bond donors (Lipinski definition) is 1. The molecule has 0 aromatic rings. The standard InChI is InChI=1S/C17H37N3/c1-8-15(9-2)17(19(5)6)11-18-16-10-14(4)20(7)12-13(16)3/h13-18H,8-12H2,1-7H3. The van der Waals surface area contributed by atoms with Gasteiger partial charge in [-0.25, -0.2) is 0 Å². The fourth-order valence-corrected chi connectivity index (χ4v) is 3.70. The van der Waals surface area contributed by atoms with Crippen molar-refractivity contribution in [1.29, 1.82) is 0 Å². The molecule has 0 amide bonds. The monoisotopic (exact) mass is 283 g/mol.